The number of ether oxygens (including phenoxy) is 1. The van der Waals surface area contributed by atoms with Crippen LogP contribution in [0.15, 0.2) is 23.8 Å². The van der Waals surface area contributed by atoms with Gasteiger partial charge in [-0.15, -0.1) is 0 Å². The third-order valence-electron chi connectivity index (χ3n) is 3.03. The first-order valence-corrected chi connectivity index (χ1v) is 5.77. The van der Waals surface area contributed by atoms with Gasteiger partial charge in [0.1, 0.15) is 5.75 Å². The zero-order valence-electron chi connectivity index (χ0n) is 9.90. The number of methoxy groups -OCH3 is 1. The summed E-state index contributed by atoms with van der Waals surface area (Å²) in [6.07, 6.45) is 5.01. The van der Waals surface area contributed by atoms with Crippen molar-refractivity contribution < 1.29 is 14.6 Å². The highest BCUT2D eigenvalue weighted by atomic mass is 16.5. The van der Waals surface area contributed by atoms with Gasteiger partial charge in [-0.3, -0.25) is 4.79 Å². The highest BCUT2D eigenvalue weighted by Crippen LogP contribution is 2.27. The molecule has 1 aromatic carbocycles. The largest absolute Gasteiger partial charge is 0.497 e. The van der Waals surface area contributed by atoms with Gasteiger partial charge in [-0.2, -0.15) is 0 Å². The van der Waals surface area contributed by atoms with Crippen molar-refractivity contribution in [2.24, 2.45) is 0 Å². The number of aryl methyl sites for hydroxylation is 1. The molecule has 1 aliphatic carbocycles. The Morgan fingerprint density at radius 3 is 2.94 bits per heavy atom. The number of rotatable bonds is 3. The monoisotopic (exact) mass is 232 g/mol. The van der Waals surface area contributed by atoms with Crippen LogP contribution in [0.5, 0.6) is 5.75 Å². The molecule has 0 unspecified atom stereocenters. The molecule has 3 nitrogen and oxygen atoms in total. The van der Waals surface area contributed by atoms with Crippen LogP contribution in [0.25, 0.3) is 6.08 Å². The minimum atomic E-state index is -0.761. The van der Waals surface area contributed by atoms with Gasteiger partial charge in [0.2, 0.25) is 0 Å². The third-order valence-corrected chi connectivity index (χ3v) is 3.03. The Bertz CT molecular complexity index is 461. The van der Waals surface area contributed by atoms with E-state index < -0.39 is 5.97 Å². The quantitative estimate of drug-likeness (QED) is 0.871. The molecule has 1 aliphatic rings. The molecular weight excluding hydrogens is 216 g/mol. The lowest BCUT2D eigenvalue weighted by Crippen LogP contribution is -1.96. The predicted octanol–water partition coefficient (Wildman–Crippen LogP) is 2.89. The van der Waals surface area contributed by atoms with Gasteiger partial charge in [0, 0.05) is 0 Å². The fourth-order valence-corrected chi connectivity index (χ4v) is 2.19. The van der Waals surface area contributed by atoms with Gasteiger partial charge >= 0.3 is 5.97 Å². The van der Waals surface area contributed by atoms with Crippen molar-refractivity contribution >= 4 is 12.0 Å². The SMILES string of the molecule is COc1ccc2c(c1)C=C(CC(=O)O)CCC2. The Hall–Kier alpha value is -1.77. The van der Waals surface area contributed by atoms with Gasteiger partial charge < -0.3 is 9.84 Å². The molecule has 17 heavy (non-hydrogen) atoms. The highest BCUT2D eigenvalue weighted by molar-refractivity contribution is 5.73. The summed E-state index contributed by atoms with van der Waals surface area (Å²) in [6.45, 7) is 0. The van der Waals surface area contributed by atoms with Crippen molar-refractivity contribution in [3.63, 3.8) is 0 Å². The second kappa shape index (κ2) is 5.04. The van der Waals surface area contributed by atoms with Crippen molar-refractivity contribution in [3.05, 3.63) is 34.9 Å². The zero-order chi connectivity index (χ0) is 12.3. The molecule has 0 spiro atoms. The molecule has 0 heterocycles. The second-order valence-electron chi connectivity index (χ2n) is 4.29. The first-order valence-electron chi connectivity index (χ1n) is 5.77. The molecule has 90 valence electrons. The Morgan fingerprint density at radius 1 is 1.41 bits per heavy atom. The molecule has 3 heteroatoms. The number of benzene rings is 1. The van der Waals surface area contributed by atoms with Crippen LogP contribution < -0.4 is 4.74 Å². The molecule has 0 saturated carbocycles. The van der Waals surface area contributed by atoms with Crippen LogP contribution in [-0.4, -0.2) is 18.2 Å². The maximum absolute atomic E-state index is 10.7. The molecule has 0 saturated heterocycles. The van der Waals surface area contributed by atoms with Gasteiger partial charge in [-0.25, -0.2) is 0 Å². The molecule has 0 radical (unpaired) electrons. The normalized spacial score (nSPS) is 14.5. The number of hydrogen-bond donors (Lipinski definition) is 1. The number of fused-ring (bicyclic) bond motifs is 1. The average Bonchev–Trinajstić information content (AvgIpc) is 2.48. The molecule has 2 rings (SSSR count). The predicted molar refractivity (Wildman–Crippen MR) is 66.2 cm³/mol. The van der Waals surface area contributed by atoms with E-state index in [1.54, 1.807) is 7.11 Å². The Labute approximate surface area is 101 Å². The van der Waals surface area contributed by atoms with Crippen LogP contribution >= 0.6 is 0 Å². The van der Waals surface area contributed by atoms with E-state index in [1.165, 1.54) is 5.56 Å². The summed E-state index contributed by atoms with van der Waals surface area (Å²) in [5.41, 5.74) is 3.36. The van der Waals surface area contributed by atoms with E-state index in [9.17, 15) is 4.79 Å². The van der Waals surface area contributed by atoms with Crippen LogP contribution in [0.2, 0.25) is 0 Å². The fraction of sp³-hybridized carbons (Fsp3) is 0.357. The number of carboxylic acid groups (broad SMARTS) is 1. The first-order chi connectivity index (χ1) is 8.19. The minimum Gasteiger partial charge on any atom is -0.497 e. The standard InChI is InChI=1S/C14H16O3/c1-17-13-6-5-11-4-2-3-10(8-14(15)16)7-12(11)9-13/h5-7,9H,2-4,8H2,1H3,(H,15,16). The average molecular weight is 232 g/mol. The molecule has 1 N–H and O–H groups in total. The van der Waals surface area contributed by atoms with Gasteiger partial charge in [0.05, 0.1) is 13.5 Å². The lowest BCUT2D eigenvalue weighted by molar-refractivity contribution is -0.136. The van der Waals surface area contributed by atoms with E-state index in [4.69, 9.17) is 9.84 Å². The van der Waals surface area contributed by atoms with Crippen molar-refractivity contribution in [1.29, 1.82) is 0 Å². The Balaban J connectivity index is 2.34. The Kier molecular flexibility index (Phi) is 3.47. The molecule has 1 aromatic rings. The summed E-state index contributed by atoms with van der Waals surface area (Å²) in [6, 6.07) is 5.99. The molecule has 0 bridgehead atoms. The smallest absolute Gasteiger partial charge is 0.307 e. The van der Waals surface area contributed by atoms with Gasteiger partial charge in [0.15, 0.2) is 0 Å². The van der Waals surface area contributed by atoms with E-state index in [0.29, 0.717) is 0 Å². The number of hydrogen-bond acceptors (Lipinski definition) is 2. The third kappa shape index (κ3) is 2.87. The van der Waals surface area contributed by atoms with Gasteiger partial charge in [0.25, 0.3) is 0 Å². The van der Waals surface area contributed by atoms with Crippen molar-refractivity contribution in [3.8, 4) is 5.75 Å². The van der Waals surface area contributed by atoms with Gasteiger partial charge in [-0.1, -0.05) is 17.7 Å². The van der Waals surface area contributed by atoms with Crippen molar-refractivity contribution in [1.82, 2.24) is 0 Å². The number of carbonyl (C=O) groups is 1. The summed E-state index contributed by atoms with van der Waals surface area (Å²) in [5, 5.41) is 8.84. The molecule has 0 amide bonds. The van der Waals surface area contributed by atoms with Crippen molar-refractivity contribution in [2.75, 3.05) is 7.11 Å². The topological polar surface area (TPSA) is 46.5 Å². The molecule has 0 fully saturated rings. The first kappa shape index (κ1) is 11.7. The van der Waals surface area contributed by atoms with Crippen molar-refractivity contribution in [2.45, 2.75) is 25.7 Å². The van der Waals surface area contributed by atoms with Crippen LogP contribution in [-0.2, 0) is 11.2 Å². The van der Waals surface area contributed by atoms with Crippen LogP contribution in [0.4, 0.5) is 0 Å². The lowest BCUT2D eigenvalue weighted by atomic mass is 10.0. The fourth-order valence-electron chi connectivity index (χ4n) is 2.19. The molecule has 0 aliphatic heterocycles. The molecule has 0 atom stereocenters. The zero-order valence-corrected chi connectivity index (χ0v) is 9.90. The van der Waals surface area contributed by atoms with E-state index in [-0.39, 0.29) is 6.42 Å². The summed E-state index contributed by atoms with van der Waals surface area (Å²) in [5.74, 6) is 0.0548. The maximum Gasteiger partial charge on any atom is 0.307 e. The summed E-state index contributed by atoms with van der Waals surface area (Å²) in [4.78, 5) is 10.7. The number of aliphatic carboxylic acids is 1. The maximum atomic E-state index is 10.7. The summed E-state index contributed by atoms with van der Waals surface area (Å²) >= 11 is 0. The lowest BCUT2D eigenvalue weighted by Gasteiger charge is -2.06. The highest BCUT2D eigenvalue weighted by Gasteiger charge is 2.11. The second-order valence-corrected chi connectivity index (χ2v) is 4.29. The number of carboxylic acids is 1. The Morgan fingerprint density at radius 2 is 2.24 bits per heavy atom. The summed E-state index contributed by atoms with van der Waals surface area (Å²) in [7, 11) is 1.64. The van der Waals surface area contributed by atoms with Crippen LogP contribution in [0.1, 0.15) is 30.4 Å². The van der Waals surface area contributed by atoms with E-state index in [0.717, 1.165) is 36.1 Å². The summed E-state index contributed by atoms with van der Waals surface area (Å²) < 4.78 is 5.19. The van der Waals surface area contributed by atoms with E-state index >= 15 is 0 Å². The van der Waals surface area contributed by atoms with Gasteiger partial charge in [-0.05, 0) is 42.5 Å². The van der Waals surface area contributed by atoms with Crippen LogP contribution in [0, 0.1) is 0 Å². The molecular formula is C14H16O3. The van der Waals surface area contributed by atoms with E-state index in [2.05, 4.69) is 6.07 Å². The molecule has 0 aromatic heterocycles. The van der Waals surface area contributed by atoms with E-state index in [1.807, 2.05) is 18.2 Å². The van der Waals surface area contributed by atoms with Crippen LogP contribution in [0.3, 0.4) is 0 Å². The minimum absolute atomic E-state index is 0.136.